The van der Waals surface area contributed by atoms with Crippen molar-refractivity contribution in [3.8, 4) is 17.6 Å². The molecule has 3 rings (SSSR count). The summed E-state index contributed by atoms with van der Waals surface area (Å²) >= 11 is 12.2. The zero-order valence-corrected chi connectivity index (χ0v) is 15.0. The molecule has 0 amide bonds. The van der Waals surface area contributed by atoms with Crippen LogP contribution in [0.5, 0.6) is 11.5 Å². The zero-order valence-electron chi connectivity index (χ0n) is 13.5. The quantitative estimate of drug-likeness (QED) is 0.687. The predicted molar refractivity (Wildman–Crippen MR) is 96.7 cm³/mol. The Morgan fingerprint density at radius 3 is 2.60 bits per heavy atom. The molecule has 7 heteroatoms. The summed E-state index contributed by atoms with van der Waals surface area (Å²) in [7, 11) is 1.55. The van der Waals surface area contributed by atoms with Gasteiger partial charge in [0.15, 0.2) is 11.5 Å². The predicted octanol–water partition coefficient (Wildman–Crippen LogP) is 4.64. The number of hydrogen-bond acceptors (Lipinski definition) is 5. The van der Waals surface area contributed by atoms with Gasteiger partial charge in [0.25, 0.3) is 0 Å². The summed E-state index contributed by atoms with van der Waals surface area (Å²) < 4.78 is 11.1. The first-order chi connectivity index (χ1) is 12.1. The average molecular weight is 376 g/mol. The van der Waals surface area contributed by atoms with E-state index in [0.29, 0.717) is 50.9 Å². The standard InChI is InChI=1S/C18H15Cl2N3O2/c1-24-18-9-23-16(5-17(18)25-10-11-2-3-11)12(6-21)4-13-14(19)7-22-8-15(13)20/h4-5,7-9,11H,2-3,10H2,1H3/b12-4+. The van der Waals surface area contributed by atoms with Crippen LogP contribution in [0.3, 0.4) is 0 Å². The van der Waals surface area contributed by atoms with Crippen molar-refractivity contribution in [3.05, 3.63) is 46.0 Å². The van der Waals surface area contributed by atoms with Crippen molar-refractivity contribution in [3.63, 3.8) is 0 Å². The fourth-order valence-corrected chi connectivity index (χ4v) is 2.67. The lowest BCUT2D eigenvalue weighted by molar-refractivity contribution is 0.279. The molecular formula is C18H15Cl2N3O2. The van der Waals surface area contributed by atoms with Crippen LogP contribution in [-0.2, 0) is 0 Å². The van der Waals surface area contributed by atoms with Crippen molar-refractivity contribution in [2.75, 3.05) is 13.7 Å². The summed E-state index contributed by atoms with van der Waals surface area (Å²) in [6, 6.07) is 3.82. The molecule has 0 bridgehead atoms. The lowest BCUT2D eigenvalue weighted by atomic mass is 10.1. The van der Waals surface area contributed by atoms with Crippen LogP contribution >= 0.6 is 23.2 Å². The van der Waals surface area contributed by atoms with E-state index >= 15 is 0 Å². The van der Waals surface area contributed by atoms with Crippen molar-refractivity contribution in [1.82, 2.24) is 9.97 Å². The van der Waals surface area contributed by atoms with E-state index < -0.39 is 0 Å². The van der Waals surface area contributed by atoms with E-state index in [0.717, 1.165) is 0 Å². The molecule has 25 heavy (non-hydrogen) atoms. The zero-order chi connectivity index (χ0) is 17.8. The van der Waals surface area contributed by atoms with E-state index in [2.05, 4.69) is 16.0 Å². The number of nitriles is 1. The third kappa shape index (κ3) is 4.22. The fraction of sp³-hybridized carbons (Fsp3) is 0.278. The molecule has 0 atom stereocenters. The number of rotatable bonds is 6. The lowest BCUT2D eigenvalue weighted by Gasteiger charge is -2.11. The molecule has 0 aromatic carbocycles. The van der Waals surface area contributed by atoms with Crippen LogP contribution < -0.4 is 9.47 Å². The number of pyridine rings is 2. The molecule has 0 radical (unpaired) electrons. The molecule has 1 aliphatic rings. The van der Waals surface area contributed by atoms with Gasteiger partial charge in [-0.2, -0.15) is 5.26 Å². The number of halogens is 2. The molecule has 2 aromatic rings. The highest BCUT2D eigenvalue weighted by molar-refractivity contribution is 6.37. The van der Waals surface area contributed by atoms with Crippen LogP contribution in [0.2, 0.25) is 10.0 Å². The molecule has 0 N–H and O–H groups in total. The topological polar surface area (TPSA) is 68.0 Å². The van der Waals surface area contributed by atoms with Crippen LogP contribution in [0.15, 0.2) is 24.7 Å². The lowest BCUT2D eigenvalue weighted by Crippen LogP contribution is -2.02. The number of nitrogens with zero attached hydrogens (tertiary/aromatic N) is 3. The minimum Gasteiger partial charge on any atom is -0.491 e. The monoisotopic (exact) mass is 375 g/mol. The Hall–Kier alpha value is -2.29. The van der Waals surface area contributed by atoms with Crippen molar-refractivity contribution in [2.24, 2.45) is 5.92 Å². The van der Waals surface area contributed by atoms with E-state index in [1.807, 2.05) is 0 Å². The van der Waals surface area contributed by atoms with E-state index in [1.165, 1.54) is 25.2 Å². The van der Waals surface area contributed by atoms with Crippen LogP contribution in [0.1, 0.15) is 24.1 Å². The molecular weight excluding hydrogens is 361 g/mol. The minimum absolute atomic E-state index is 0.314. The van der Waals surface area contributed by atoms with Crippen LogP contribution in [0.25, 0.3) is 11.6 Å². The van der Waals surface area contributed by atoms with Crippen molar-refractivity contribution >= 4 is 34.9 Å². The summed E-state index contributed by atoms with van der Waals surface area (Å²) in [5.74, 6) is 1.69. The van der Waals surface area contributed by atoms with E-state index in [9.17, 15) is 5.26 Å². The number of aromatic nitrogens is 2. The summed E-state index contributed by atoms with van der Waals surface area (Å²) in [5.41, 5.74) is 1.29. The highest BCUT2D eigenvalue weighted by Crippen LogP contribution is 2.34. The van der Waals surface area contributed by atoms with Crippen molar-refractivity contribution < 1.29 is 9.47 Å². The van der Waals surface area contributed by atoms with Gasteiger partial charge in [0.1, 0.15) is 6.07 Å². The third-order valence-electron chi connectivity index (χ3n) is 3.80. The first kappa shape index (κ1) is 17.5. The van der Waals surface area contributed by atoms with E-state index in [-0.39, 0.29) is 0 Å². The number of ether oxygens (including phenoxy) is 2. The van der Waals surface area contributed by atoms with Gasteiger partial charge in [0.2, 0.25) is 0 Å². The van der Waals surface area contributed by atoms with Crippen LogP contribution in [0, 0.1) is 17.2 Å². The van der Waals surface area contributed by atoms with Gasteiger partial charge in [0.05, 0.1) is 41.2 Å². The van der Waals surface area contributed by atoms with Crippen molar-refractivity contribution in [1.29, 1.82) is 5.26 Å². The van der Waals surface area contributed by atoms with Gasteiger partial charge >= 0.3 is 0 Å². The summed E-state index contributed by atoms with van der Waals surface area (Å²) in [6.45, 7) is 0.632. The molecule has 1 aliphatic carbocycles. The Bertz CT molecular complexity index is 838. The van der Waals surface area contributed by atoms with Gasteiger partial charge in [0, 0.05) is 24.0 Å². The van der Waals surface area contributed by atoms with Gasteiger partial charge < -0.3 is 9.47 Å². The maximum atomic E-state index is 9.54. The summed E-state index contributed by atoms with van der Waals surface area (Å²) in [4.78, 5) is 8.19. The molecule has 0 spiro atoms. The van der Waals surface area contributed by atoms with Crippen molar-refractivity contribution in [2.45, 2.75) is 12.8 Å². The second-order valence-corrected chi connectivity index (χ2v) is 6.48. The molecule has 2 heterocycles. The van der Waals surface area contributed by atoms with Gasteiger partial charge in [-0.25, -0.2) is 0 Å². The van der Waals surface area contributed by atoms with Crippen LogP contribution in [0.4, 0.5) is 0 Å². The van der Waals surface area contributed by atoms with Crippen LogP contribution in [-0.4, -0.2) is 23.7 Å². The number of methoxy groups -OCH3 is 1. The minimum atomic E-state index is 0.314. The number of allylic oxidation sites excluding steroid dienone is 1. The Kier molecular flexibility index (Phi) is 5.42. The molecule has 1 saturated carbocycles. The molecule has 5 nitrogen and oxygen atoms in total. The maximum Gasteiger partial charge on any atom is 0.179 e. The van der Waals surface area contributed by atoms with E-state index in [4.69, 9.17) is 32.7 Å². The van der Waals surface area contributed by atoms with E-state index in [1.54, 1.807) is 25.4 Å². The normalized spacial score (nSPS) is 14.1. The van der Waals surface area contributed by atoms with Gasteiger partial charge in [-0.05, 0) is 24.8 Å². The van der Waals surface area contributed by atoms with Gasteiger partial charge in [-0.3, -0.25) is 9.97 Å². The molecule has 0 unspecified atom stereocenters. The summed E-state index contributed by atoms with van der Waals surface area (Å²) in [6.07, 6.45) is 8.44. The Morgan fingerprint density at radius 2 is 2.00 bits per heavy atom. The number of hydrogen-bond donors (Lipinski definition) is 0. The Morgan fingerprint density at radius 1 is 1.28 bits per heavy atom. The van der Waals surface area contributed by atoms with Gasteiger partial charge in [-0.1, -0.05) is 23.2 Å². The highest BCUT2D eigenvalue weighted by Gasteiger charge is 2.23. The second kappa shape index (κ2) is 7.73. The molecule has 0 aliphatic heterocycles. The Balaban J connectivity index is 1.96. The summed E-state index contributed by atoms with van der Waals surface area (Å²) in [5, 5.41) is 10.3. The second-order valence-electron chi connectivity index (χ2n) is 5.66. The van der Waals surface area contributed by atoms with Gasteiger partial charge in [-0.15, -0.1) is 0 Å². The highest BCUT2D eigenvalue weighted by atomic mass is 35.5. The first-order valence-electron chi connectivity index (χ1n) is 7.70. The smallest absolute Gasteiger partial charge is 0.179 e. The average Bonchev–Trinajstić information content (AvgIpc) is 3.44. The third-order valence-corrected chi connectivity index (χ3v) is 4.40. The molecule has 0 saturated heterocycles. The SMILES string of the molecule is COc1cnc(/C(C#N)=C/c2c(Cl)cncc2Cl)cc1OCC1CC1. The molecule has 2 aromatic heterocycles. The molecule has 1 fully saturated rings. The Labute approximate surface area is 155 Å². The fourth-order valence-electron chi connectivity index (χ4n) is 2.20. The maximum absolute atomic E-state index is 9.54. The molecule has 128 valence electrons. The largest absolute Gasteiger partial charge is 0.491 e. The first-order valence-corrected chi connectivity index (χ1v) is 8.46.